The lowest BCUT2D eigenvalue weighted by atomic mass is 10.3. The molecule has 58 valence electrons. The maximum Gasteiger partial charge on any atom is 0.221 e. The Bertz CT molecular complexity index is 118. The van der Waals surface area contributed by atoms with Gasteiger partial charge in [-0.1, -0.05) is 0 Å². The third-order valence-electron chi connectivity index (χ3n) is 1.59. The number of amides is 1. The highest BCUT2D eigenvalue weighted by Gasteiger charge is 2.17. The van der Waals surface area contributed by atoms with Gasteiger partial charge in [-0.05, 0) is 6.92 Å². The summed E-state index contributed by atoms with van der Waals surface area (Å²) in [6, 6.07) is 0.291. The molecule has 1 rings (SSSR count). The molecule has 0 radical (unpaired) electrons. The van der Waals surface area contributed by atoms with E-state index in [1.807, 2.05) is 11.9 Å². The van der Waals surface area contributed by atoms with E-state index in [-0.39, 0.29) is 0 Å². The average Bonchev–Trinajstić information content (AvgIpc) is 1.94. The van der Waals surface area contributed by atoms with E-state index >= 15 is 0 Å². The van der Waals surface area contributed by atoms with Crippen molar-refractivity contribution in [1.82, 2.24) is 10.4 Å². The summed E-state index contributed by atoms with van der Waals surface area (Å²) < 4.78 is 5.16. The van der Waals surface area contributed by atoms with Crippen molar-refractivity contribution < 1.29 is 9.53 Å². The molecule has 4 nitrogen and oxygen atoms in total. The van der Waals surface area contributed by atoms with E-state index in [2.05, 4.69) is 5.43 Å². The number of hydrazine groups is 1. The normalized spacial score (nSPS) is 27.9. The van der Waals surface area contributed by atoms with Crippen molar-refractivity contribution in [1.29, 1.82) is 0 Å². The summed E-state index contributed by atoms with van der Waals surface area (Å²) in [5.74, 6) is 0. The first-order valence-corrected chi connectivity index (χ1v) is 3.39. The van der Waals surface area contributed by atoms with Gasteiger partial charge in [0.25, 0.3) is 0 Å². The van der Waals surface area contributed by atoms with Crippen LogP contribution in [-0.2, 0) is 9.53 Å². The number of nitrogens with one attached hydrogen (secondary N) is 1. The molecule has 0 saturated carbocycles. The molecule has 1 aliphatic rings. The van der Waals surface area contributed by atoms with Crippen molar-refractivity contribution in [3.05, 3.63) is 0 Å². The lowest BCUT2D eigenvalue weighted by Gasteiger charge is -2.31. The summed E-state index contributed by atoms with van der Waals surface area (Å²) in [6.45, 7) is 4.18. The van der Waals surface area contributed by atoms with Gasteiger partial charge in [0.2, 0.25) is 6.41 Å². The largest absolute Gasteiger partial charge is 0.378 e. The molecule has 1 amide bonds. The molecule has 0 aromatic heterocycles. The average molecular weight is 144 g/mol. The molecule has 1 atom stereocenters. The van der Waals surface area contributed by atoms with E-state index < -0.39 is 0 Å². The zero-order valence-corrected chi connectivity index (χ0v) is 6.04. The fraction of sp³-hybridized carbons (Fsp3) is 0.833. The Balaban J connectivity index is 2.32. The first-order chi connectivity index (χ1) is 4.84. The van der Waals surface area contributed by atoms with Crippen molar-refractivity contribution in [2.75, 3.05) is 19.8 Å². The van der Waals surface area contributed by atoms with Crippen LogP contribution in [0.25, 0.3) is 0 Å². The Hall–Kier alpha value is -0.610. The van der Waals surface area contributed by atoms with Crippen LogP contribution in [0.3, 0.4) is 0 Å². The number of carbonyl (C=O) groups excluding carboxylic acids is 1. The summed E-state index contributed by atoms with van der Waals surface area (Å²) >= 11 is 0. The first-order valence-electron chi connectivity index (χ1n) is 3.39. The Morgan fingerprint density at radius 2 is 2.60 bits per heavy atom. The molecule has 1 saturated heterocycles. The Labute approximate surface area is 60.1 Å². The van der Waals surface area contributed by atoms with Gasteiger partial charge in [-0.15, -0.1) is 0 Å². The summed E-state index contributed by atoms with van der Waals surface area (Å²) in [5.41, 5.74) is 2.61. The SMILES string of the molecule is CC1COCCN1NC=O. The minimum atomic E-state index is 0.291. The van der Waals surface area contributed by atoms with Crippen LogP contribution in [0.15, 0.2) is 0 Å². The summed E-state index contributed by atoms with van der Waals surface area (Å²) in [7, 11) is 0. The second-order valence-electron chi connectivity index (χ2n) is 2.36. The predicted molar refractivity (Wildman–Crippen MR) is 36.2 cm³/mol. The maximum atomic E-state index is 10.0. The molecule has 1 aliphatic heterocycles. The van der Waals surface area contributed by atoms with Gasteiger partial charge in [0, 0.05) is 12.6 Å². The molecule has 1 unspecified atom stereocenters. The Kier molecular flexibility index (Phi) is 2.65. The fourth-order valence-corrected chi connectivity index (χ4v) is 0.987. The van der Waals surface area contributed by atoms with Gasteiger partial charge in [0.1, 0.15) is 0 Å². The number of nitrogens with zero attached hydrogens (tertiary/aromatic N) is 1. The molecule has 10 heavy (non-hydrogen) atoms. The standard InChI is InChI=1S/C6H12N2O2/c1-6-4-10-3-2-8(6)7-5-9/h5-6H,2-4H2,1H3,(H,7,9). The van der Waals surface area contributed by atoms with Crippen LogP contribution in [-0.4, -0.2) is 37.2 Å². The number of carbonyl (C=O) groups is 1. The van der Waals surface area contributed by atoms with Crippen LogP contribution in [0, 0.1) is 0 Å². The summed E-state index contributed by atoms with van der Waals surface area (Å²) in [4.78, 5) is 10.0. The maximum absolute atomic E-state index is 10.0. The Morgan fingerprint density at radius 3 is 3.20 bits per heavy atom. The zero-order chi connectivity index (χ0) is 7.40. The highest BCUT2D eigenvalue weighted by Crippen LogP contribution is 2.00. The van der Waals surface area contributed by atoms with E-state index in [1.165, 1.54) is 0 Å². The zero-order valence-electron chi connectivity index (χ0n) is 6.04. The highest BCUT2D eigenvalue weighted by atomic mass is 16.5. The fourth-order valence-electron chi connectivity index (χ4n) is 0.987. The Morgan fingerprint density at radius 1 is 1.80 bits per heavy atom. The van der Waals surface area contributed by atoms with E-state index in [0.29, 0.717) is 25.7 Å². The number of rotatable bonds is 2. The summed E-state index contributed by atoms with van der Waals surface area (Å²) in [6.07, 6.45) is 0.696. The van der Waals surface area contributed by atoms with Gasteiger partial charge >= 0.3 is 0 Å². The topological polar surface area (TPSA) is 41.6 Å². The van der Waals surface area contributed by atoms with Crippen LogP contribution < -0.4 is 5.43 Å². The van der Waals surface area contributed by atoms with Crippen LogP contribution >= 0.6 is 0 Å². The van der Waals surface area contributed by atoms with Crippen molar-refractivity contribution in [3.63, 3.8) is 0 Å². The molecule has 1 heterocycles. The van der Waals surface area contributed by atoms with E-state index in [9.17, 15) is 4.79 Å². The van der Waals surface area contributed by atoms with Crippen molar-refractivity contribution in [2.24, 2.45) is 0 Å². The second kappa shape index (κ2) is 3.53. The number of hydrogen-bond donors (Lipinski definition) is 1. The monoisotopic (exact) mass is 144 g/mol. The molecular formula is C6H12N2O2. The van der Waals surface area contributed by atoms with Gasteiger partial charge in [-0.3, -0.25) is 10.2 Å². The van der Waals surface area contributed by atoms with Crippen molar-refractivity contribution >= 4 is 6.41 Å². The van der Waals surface area contributed by atoms with Gasteiger partial charge in [0.15, 0.2) is 0 Å². The molecule has 0 bridgehead atoms. The molecule has 1 fully saturated rings. The van der Waals surface area contributed by atoms with Crippen LogP contribution in [0.4, 0.5) is 0 Å². The second-order valence-corrected chi connectivity index (χ2v) is 2.36. The minimum absolute atomic E-state index is 0.291. The predicted octanol–water partition coefficient (Wildman–Crippen LogP) is -0.632. The number of morpholine rings is 1. The quantitative estimate of drug-likeness (QED) is 0.524. The van der Waals surface area contributed by atoms with Crippen molar-refractivity contribution in [2.45, 2.75) is 13.0 Å². The van der Waals surface area contributed by atoms with E-state index in [4.69, 9.17) is 4.74 Å². The van der Waals surface area contributed by atoms with Gasteiger partial charge in [0.05, 0.1) is 13.2 Å². The third kappa shape index (κ3) is 1.68. The molecule has 1 N–H and O–H groups in total. The highest BCUT2D eigenvalue weighted by molar-refractivity contribution is 5.45. The molecule has 0 aromatic carbocycles. The lowest BCUT2D eigenvalue weighted by molar-refractivity contribution is -0.118. The molecule has 0 aliphatic carbocycles. The van der Waals surface area contributed by atoms with Crippen molar-refractivity contribution in [3.8, 4) is 0 Å². The smallest absolute Gasteiger partial charge is 0.221 e. The molecule has 0 aromatic rings. The van der Waals surface area contributed by atoms with E-state index in [1.54, 1.807) is 0 Å². The van der Waals surface area contributed by atoms with Gasteiger partial charge in [-0.2, -0.15) is 0 Å². The summed E-state index contributed by atoms with van der Waals surface area (Å²) in [5, 5.41) is 1.87. The lowest BCUT2D eigenvalue weighted by Crippen LogP contribution is -2.50. The molecule has 4 heteroatoms. The van der Waals surface area contributed by atoms with Gasteiger partial charge in [-0.25, -0.2) is 5.01 Å². The minimum Gasteiger partial charge on any atom is -0.378 e. The molecular weight excluding hydrogens is 132 g/mol. The van der Waals surface area contributed by atoms with Crippen LogP contribution in [0.5, 0.6) is 0 Å². The molecule has 0 spiro atoms. The number of ether oxygens (including phenoxy) is 1. The van der Waals surface area contributed by atoms with E-state index in [0.717, 1.165) is 6.54 Å². The van der Waals surface area contributed by atoms with Gasteiger partial charge < -0.3 is 4.74 Å². The third-order valence-corrected chi connectivity index (χ3v) is 1.59. The van der Waals surface area contributed by atoms with Crippen LogP contribution in [0.2, 0.25) is 0 Å². The van der Waals surface area contributed by atoms with Crippen LogP contribution in [0.1, 0.15) is 6.92 Å². The number of hydrogen-bond acceptors (Lipinski definition) is 3. The first kappa shape index (κ1) is 7.50.